The first-order chi connectivity index (χ1) is 9.92. The maximum atomic E-state index is 11.7. The number of ether oxygens (including phenoxy) is 1. The van der Waals surface area contributed by atoms with E-state index < -0.39 is 5.60 Å². The van der Waals surface area contributed by atoms with Crippen LogP contribution < -0.4 is 5.32 Å². The number of nitrogens with zero attached hydrogens (tertiary/aromatic N) is 1. The SMILES string of the molecule is CC(C)(C)OC(=O)CNC1CCN(Cc2ccccc2)C1. The third-order valence-corrected chi connectivity index (χ3v) is 3.48. The molecule has 1 fully saturated rings. The molecule has 0 radical (unpaired) electrons. The molecular weight excluding hydrogens is 264 g/mol. The standard InChI is InChI=1S/C17H26N2O2/c1-17(2,3)21-16(20)11-18-15-9-10-19(13-15)12-14-7-5-4-6-8-14/h4-8,15,18H,9-13H2,1-3H3. The van der Waals surface area contributed by atoms with E-state index in [0.29, 0.717) is 12.6 Å². The maximum Gasteiger partial charge on any atom is 0.320 e. The molecule has 1 saturated heterocycles. The van der Waals surface area contributed by atoms with Gasteiger partial charge in [0.15, 0.2) is 0 Å². The molecule has 2 rings (SSSR count). The van der Waals surface area contributed by atoms with Crippen molar-refractivity contribution in [1.82, 2.24) is 10.2 Å². The minimum atomic E-state index is -0.409. The van der Waals surface area contributed by atoms with Crippen molar-refractivity contribution in [3.05, 3.63) is 35.9 Å². The van der Waals surface area contributed by atoms with E-state index in [1.165, 1.54) is 5.56 Å². The fraction of sp³-hybridized carbons (Fsp3) is 0.588. The summed E-state index contributed by atoms with van der Waals surface area (Å²) in [6, 6.07) is 10.9. The Kier molecular flexibility index (Phi) is 5.37. The monoisotopic (exact) mass is 290 g/mol. The van der Waals surface area contributed by atoms with Crippen LogP contribution in [0.3, 0.4) is 0 Å². The van der Waals surface area contributed by atoms with Gasteiger partial charge in [0.25, 0.3) is 0 Å². The van der Waals surface area contributed by atoms with Crippen LogP contribution in [-0.2, 0) is 16.1 Å². The molecule has 4 nitrogen and oxygen atoms in total. The van der Waals surface area contributed by atoms with Gasteiger partial charge in [-0.2, -0.15) is 0 Å². The Morgan fingerprint density at radius 3 is 2.71 bits per heavy atom. The second-order valence-corrected chi connectivity index (χ2v) is 6.67. The molecule has 0 aliphatic carbocycles. The normalized spacial score (nSPS) is 19.7. The Bertz CT molecular complexity index is 454. The van der Waals surface area contributed by atoms with Gasteiger partial charge in [-0.25, -0.2) is 0 Å². The van der Waals surface area contributed by atoms with E-state index in [0.717, 1.165) is 26.1 Å². The molecule has 0 aromatic heterocycles. The number of hydrogen-bond donors (Lipinski definition) is 1. The van der Waals surface area contributed by atoms with E-state index in [9.17, 15) is 4.79 Å². The Labute approximate surface area is 127 Å². The van der Waals surface area contributed by atoms with Crippen molar-refractivity contribution in [3.63, 3.8) is 0 Å². The molecule has 0 bridgehead atoms. The zero-order valence-corrected chi connectivity index (χ0v) is 13.3. The van der Waals surface area contributed by atoms with Gasteiger partial charge in [-0.1, -0.05) is 30.3 Å². The number of carbonyl (C=O) groups is 1. The molecule has 1 unspecified atom stereocenters. The van der Waals surface area contributed by atoms with Crippen LogP contribution in [0.1, 0.15) is 32.8 Å². The molecule has 1 heterocycles. The van der Waals surface area contributed by atoms with Crippen LogP contribution in [0.2, 0.25) is 0 Å². The summed E-state index contributed by atoms with van der Waals surface area (Å²) in [6.07, 6.45) is 1.08. The fourth-order valence-corrected chi connectivity index (χ4v) is 2.59. The van der Waals surface area contributed by atoms with E-state index in [4.69, 9.17) is 4.74 Å². The second-order valence-electron chi connectivity index (χ2n) is 6.67. The van der Waals surface area contributed by atoms with E-state index in [2.05, 4.69) is 34.5 Å². The van der Waals surface area contributed by atoms with Crippen molar-refractivity contribution in [2.24, 2.45) is 0 Å². The molecule has 1 aliphatic rings. The van der Waals surface area contributed by atoms with E-state index in [-0.39, 0.29) is 5.97 Å². The van der Waals surface area contributed by atoms with Crippen LogP contribution in [0.15, 0.2) is 30.3 Å². The third-order valence-electron chi connectivity index (χ3n) is 3.48. The number of esters is 1. The van der Waals surface area contributed by atoms with E-state index in [1.54, 1.807) is 0 Å². The van der Waals surface area contributed by atoms with Crippen LogP contribution in [0.25, 0.3) is 0 Å². The summed E-state index contributed by atoms with van der Waals surface area (Å²) in [5, 5.41) is 3.30. The molecule has 0 amide bonds. The summed E-state index contributed by atoms with van der Waals surface area (Å²) in [4.78, 5) is 14.1. The fourth-order valence-electron chi connectivity index (χ4n) is 2.59. The zero-order valence-electron chi connectivity index (χ0n) is 13.3. The first kappa shape index (κ1) is 16.0. The van der Waals surface area contributed by atoms with Gasteiger partial charge in [0.1, 0.15) is 5.60 Å². The highest BCUT2D eigenvalue weighted by Gasteiger charge is 2.23. The molecule has 1 atom stereocenters. The Morgan fingerprint density at radius 1 is 1.33 bits per heavy atom. The Balaban J connectivity index is 1.69. The molecule has 21 heavy (non-hydrogen) atoms. The minimum Gasteiger partial charge on any atom is -0.459 e. The highest BCUT2D eigenvalue weighted by molar-refractivity contribution is 5.72. The van der Waals surface area contributed by atoms with Crippen LogP contribution >= 0.6 is 0 Å². The molecule has 0 saturated carbocycles. The van der Waals surface area contributed by atoms with Crippen LogP contribution in [0, 0.1) is 0 Å². The van der Waals surface area contributed by atoms with Gasteiger partial charge in [0.05, 0.1) is 6.54 Å². The number of rotatable bonds is 5. The van der Waals surface area contributed by atoms with Crippen LogP contribution in [0.5, 0.6) is 0 Å². The zero-order chi connectivity index (χ0) is 15.3. The first-order valence-corrected chi connectivity index (χ1v) is 7.64. The molecule has 1 aliphatic heterocycles. The largest absolute Gasteiger partial charge is 0.459 e. The lowest BCUT2D eigenvalue weighted by molar-refractivity contribution is -0.153. The Morgan fingerprint density at radius 2 is 2.05 bits per heavy atom. The average molecular weight is 290 g/mol. The van der Waals surface area contributed by atoms with Crippen molar-refractivity contribution in [2.75, 3.05) is 19.6 Å². The van der Waals surface area contributed by atoms with Crippen molar-refractivity contribution < 1.29 is 9.53 Å². The molecule has 4 heteroatoms. The van der Waals surface area contributed by atoms with Gasteiger partial charge in [-0.3, -0.25) is 9.69 Å². The van der Waals surface area contributed by atoms with E-state index >= 15 is 0 Å². The molecule has 116 valence electrons. The Hall–Kier alpha value is -1.39. The predicted octanol–water partition coefficient (Wildman–Crippen LogP) is 2.19. The quantitative estimate of drug-likeness (QED) is 0.844. The smallest absolute Gasteiger partial charge is 0.320 e. The topological polar surface area (TPSA) is 41.6 Å². The number of hydrogen-bond acceptors (Lipinski definition) is 4. The first-order valence-electron chi connectivity index (χ1n) is 7.64. The van der Waals surface area contributed by atoms with Crippen molar-refractivity contribution in [3.8, 4) is 0 Å². The number of carbonyl (C=O) groups excluding carboxylic acids is 1. The number of benzene rings is 1. The molecule has 1 N–H and O–H groups in total. The highest BCUT2D eigenvalue weighted by atomic mass is 16.6. The van der Waals surface area contributed by atoms with Crippen LogP contribution in [-0.4, -0.2) is 42.1 Å². The predicted molar refractivity (Wildman–Crippen MR) is 84.0 cm³/mol. The lowest BCUT2D eigenvalue weighted by atomic mass is 10.2. The molecular formula is C17H26N2O2. The summed E-state index contributed by atoms with van der Waals surface area (Å²) in [5.41, 5.74) is 0.929. The third kappa shape index (κ3) is 5.86. The second kappa shape index (κ2) is 7.05. The van der Waals surface area contributed by atoms with Gasteiger partial charge in [-0.15, -0.1) is 0 Å². The van der Waals surface area contributed by atoms with E-state index in [1.807, 2.05) is 26.8 Å². The average Bonchev–Trinajstić information content (AvgIpc) is 2.83. The number of nitrogens with one attached hydrogen (secondary N) is 1. The lowest BCUT2D eigenvalue weighted by Gasteiger charge is -2.21. The maximum absolute atomic E-state index is 11.7. The summed E-state index contributed by atoms with van der Waals surface area (Å²) >= 11 is 0. The highest BCUT2D eigenvalue weighted by Crippen LogP contribution is 2.13. The number of likely N-dealkylation sites (tertiary alicyclic amines) is 1. The summed E-state index contributed by atoms with van der Waals surface area (Å²) in [6.45, 7) is 9.00. The van der Waals surface area contributed by atoms with Crippen LogP contribution in [0.4, 0.5) is 0 Å². The van der Waals surface area contributed by atoms with Crippen molar-refractivity contribution in [2.45, 2.75) is 45.4 Å². The van der Waals surface area contributed by atoms with Gasteiger partial charge in [-0.05, 0) is 32.8 Å². The molecule has 1 aromatic rings. The van der Waals surface area contributed by atoms with Gasteiger partial charge in [0, 0.05) is 25.7 Å². The molecule has 0 spiro atoms. The van der Waals surface area contributed by atoms with Crippen molar-refractivity contribution in [1.29, 1.82) is 0 Å². The summed E-state index contributed by atoms with van der Waals surface area (Å²) < 4.78 is 5.30. The molecule has 1 aromatic carbocycles. The van der Waals surface area contributed by atoms with Gasteiger partial charge >= 0.3 is 5.97 Å². The summed E-state index contributed by atoms with van der Waals surface area (Å²) in [5.74, 6) is -0.177. The van der Waals surface area contributed by atoms with Gasteiger partial charge < -0.3 is 10.1 Å². The van der Waals surface area contributed by atoms with Crippen molar-refractivity contribution >= 4 is 5.97 Å². The lowest BCUT2D eigenvalue weighted by Crippen LogP contribution is -2.38. The minimum absolute atomic E-state index is 0.177. The van der Waals surface area contributed by atoms with Gasteiger partial charge in [0.2, 0.25) is 0 Å². The summed E-state index contributed by atoms with van der Waals surface area (Å²) in [7, 11) is 0.